The first-order valence-corrected chi connectivity index (χ1v) is 18.3. The number of carboxylic acids is 1. The van der Waals surface area contributed by atoms with Crippen molar-refractivity contribution in [2.24, 2.45) is 0 Å². The lowest BCUT2D eigenvalue weighted by molar-refractivity contribution is -0.887. The van der Waals surface area contributed by atoms with Gasteiger partial charge in [-0.1, -0.05) is 113 Å². The Kier molecular flexibility index (Phi) is 29.4. The molecule has 0 spiro atoms. The molecule has 0 radical (unpaired) electrons. The van der Waals surface area contributed by atoms with Crippen LogP contribution >= 0.6 is 0 Å². The third-order valence-corrected chi connectivity index (χ3v) is 7.68. The standard InChI is InChI=1S/C40H67NO7/c1-6-8-10-12-14-15-16-17-18-19-20-21-22-23-25-26-28-30-38(42)47-35-36(34-46-33-32-37(40(44)45)41(3,4)5)48-39(43)31-29-27-24-13-11-9-7-2/h8,10,14-15,17-18,20-21,23,25,36-37H,6-7,9,11-13,16,19,22,24,26-35H2,1-5H3/p+1/b10-8+,15-14+,18-17+,21-20+,25-23+. The number of nitrogens with zero attached hydrogens (tertiary/aromatic N) is 1. The molecule has 0 aromatic carbocycles. The van der Waals surface area contributed by atoms with Gasteiger partial charge in [0.15, 0.2) is 12.1 Å². The number of esters is 2. The van der Waals surface area contributed by atoms with E-state index in [1.54, 1.807) is 0 Å². The molecule has 0 aliphatic carbocycles. The van der Waals surface area contributed by atoms with Crippen LogP contribution in [0, 0.1) is 0 Å². The number of carbonyl (C=O) groups is 3. The molecule has 0 saturated heterocycles. The fourth-order valence-electron chi connectivity index (χ4n) is 4.83. The van der Waals surface area contributed by atoms with Gasteiger partial charge in [0.25, 0.3) is 0 Å². The van der Waals surface area contributed by atoms with E-state index in [-0.39, 0.29) is 42.7 Å². The van der Waals surface area contributed by atoms with Gasteiger partial charge in [0.05, 0.1) is 34.4 Å². The third kappa shape index (κ3) is 29.2. The first-order chi connectivity index (χ1) is 23.1. The van der Waals surface area contributed by atoms with Crippen LogP contribution in [0.15, 0.2) is 60.8 Å². The lowest BCUT2D eigenvalue weighted by atomic mass is 10.1. The molecule has 0 aromatic heterocycles. The monoisotopic (exact) mass is 674 g/mol. The van der Waals surface area contributed by atoms with Crippen LogP contribution in [0.3, 0.4) is 0 Å². The molecule has 0 aromatic rings. The largest absolute Gasteiger partial charge is 0.477 e. The van der Waals surface area contributed by atoms with Gasteiger partial charge in [0, 0.05) is 19.3 Å². The average molecular weight is 675 g/mol. The molecule has 0 heterocycles. The maximum atomic E-state index is 12.5. The Labute approximate surface area is 292 Å². The Hall–Kier alpha value is -2.97. The first kappa shape index (κ1) is 45.0. The maximum Gasteiger partial charge on any atom is 0.362 e. The number of carboxylic acid groups (broad SMARTS) is 1. The van der Waals surface area contributed by atoms with Gasteiger partial charge in [-0.25, -0.2) is 4.79 Å². The van der Waals surface area contributed by atoms with Crippen molar-refractivity contribution < 1.29 is 38.2 Å². The van der Waals surface area contributed by atoms with E-state index in [1.807, 2.05) is 21.1 Å². The quantitative estimate of drug-likeness (QED) is 0.0339. The Morgan fingerprint density at radius 2 is 1.17 bits per heavy atom. The summed E-state index contributed by atoms with van der Waals surface area (Å²) in [5.74, 6) is -1.56. The summed E-state index contributed by atoms with van der Waals surface area (Å²) < 4.78 is 17.0. The Morgan fingerprint density at radius 3 is 1.71 bits per heavy atom. The Morgan fingerprint density at radius 1 is 0.646 bits per heavy atom. The highest BCUT2D eigenvalue weighted by Gasteiger charge is 2.31. The first-order valence-electron chi connectivity index (χ1n) is 18.3. The van der Waals surface area contributed by atoms with Crippen molar-refractivity contribution >= 4 is 17.9 Å². The van der Waals surface area contributed by atoms with Crippen LogP contribution in [-0.2, 0) is 28.6 Å². The second-order valence-corrected chi connectivity index (χ2v) is 13.1. The number of rotatable bonds is 31. The van der Waals surface area contributed by atoms with Gasteiger partial charge in [-0.15, -0.1) is 0 Å². The summed E-state index contributed by atoms with van der Waals surface area (Å²) in [5, 5.41) is 9.55. The maximum absolute atomic E-state index is 12.5. The fourth-order valence-corrected chi connectivity index (χ4v) is 4.83. The average Bonchev–Trinajstić information content (AvgIpc) is 3.03. The van der Waals surface area contributed by atoms with Crippen LogP contribution in [0.5, 0.6) is 0 Å². The van der Waals surface area contributed by atoms with E-state index in [9.17, 15) is 19.5 Å². The summed E-state index contributed by atoms with van der Waals surface area (Å²) in [6, 6.07) is -0.621. The van der Waals surface area contributed by atoms with Crippen LogP contribution in [0.2, 0.25) is 0 Å². The fraction of sp³-hybridized carbons (Fsp3) is 0.675. The second kappa shape index (κ2) is 31.3. The van der Waals surface area contributed by atoms with Gasteiger partial charge in [0.1, 0.15) is 6.61 Å². The zero-order valence-corrected chi connectivity index (χ0v) is 30.9. The smallest absolute Gasteiger partial charge is 0.362 e. The van der Waals surface area contributed by atoms with Crippen LogP contribution in [0.4, 0.5) is 0 Å². The van der Waals surface area contributed by atoms with Gasteiger partial charge in [0.2, 0.25) is 0 Å². The van der Waals surface area contributed by atoms with E-state index < -0.39 is 18.1 Å². The van der Waals surface area contributed by atoms with Crippen LogP contribution in [0.25, 0.3) is 0 Å². The zero-order chi connectivity index (χ0) is 35.7. The van der Waals surface area contributed by atoms with Crippen molar-refractivity contribution in [3.8, 4) is 0 Å². The summed E-state index contributed by atoms with van der Waals surface area (Å²) in [6.45, 7) is 4.48. The molecule has 0 rings (SSSR count). The predicted molar refractivity (Wildman–Crippen MR) is 197 cm³/mol. The summed E-state index contributed by atoms with van der Waals surface area (Å²) in [7, 11) is 5.48. The molecule has 2 atom stereocenters. The summed E-state index contributed by atoms with van der Waals surface area (Å²) >= 11 is 0. The number of likely N-dealkylation sites (N-methyl/N-ethyl adjacent to an activating group) is 1. The zero-order valence-electron chi connectivity index (χ0n) is 30.9. The molecule has 8 heteroatoms. The molecule has 0 aliphatic heterocycles. The number of unbranched alkanes of at least 4 members (excludes halogenated alkanes) is 7. The van der Waals surface area contributed by atoms with Gasteiger partial charge in [-0.3, -0.25) is 9.59 Å². The molecule has 0 aliphatic rings. The number of aliphatic carboxylic acids is 1. The lowest BCUT2D eigenvalue weighted by Gasteiger charge is -2.31. The van der Waals surface area contributed by atoms with E-state index in [2.05, 4.69) is 74.6 Å². The molecule has 48 heavy (non-hydrogen) atoms. The summed E-state index contributed by atoms with van der Waals surface area (Å²) in [5.41, 5.74) is 0. The third-order valence-electron chi connectivity index (χ3n) is 7.68. The van der Waals surface area contributed by atoms with Crippen molar-refractivity contribution in [3.05, 3.63) is 60.8 Å². The molecule has 1 N–H and O–H groups in total. The van der Waals surface area contributed by atoms with E-state index >= 15 is 0 Å². The molecular weight excluding hydrogens is 606 g/mol. The number of hydrogen-bond acceptors (Lipinski definition) is 6. The Balaban J connectivity index is 4.47. The normalized spacial score (nSPS) is 13.8. The van der Waals surface area contributed by atoms with Crippen molar-refractivity contribution in [2.45, 2.75) is 135 Å². The number of ether oxygens (including phenoxy) is 3. The van der Waals surface area contributed by atoms with E-state index in [0.717, 1.165) is 57.8 Å². The minimum Gasteiger partial charge on any atom is -0.477 e. The number of hydrogen-bond donors (Lipinski definition) is 1. The van der Waals surface area contributed by atoms with Gasteiger partial charge in [-0.2, -0.15) is 0 Å². The van der Waals surface area contributed by atoms with Gasteiger partial charge in [-0.05, 0) is 51.4 Å². The van der Waals surface area contributed by atoms with E-state index in [4.69, 9.17) is 14.2 Å². The van der Waals surface area contributed by atoms with Crippen molar-refractivity contribution in [1.82, 2.24) is 0 Å². The minimum absolute atomic E-state index is 0.0412. The lowest BCUT2D eigenvalue weighted by Crippen LogP contribution is -2.50. The number of carbonyl (C=O) groups excluding carboxylic acids is 2. The van der Waals surface area contributed by atoms with Gasteiger partial charge >= 0.3 is 17.9 Å². The van der Waals surface area contributed by atoms with Crippen LogP contribution in [0.1, 0.15) is 123 Å². The molecule has 274 valence electrons. The highest BCUT2D eigenvalue weighted by molar-refractivity contribution is 5.72. The number of allylic oxidation sites excluding steroid dienone is 10. The van der Waals surface area contributed by atoms with E-state index in [0.29, 0.717) is 19.3 Å². The molecule has 0 amide bonds. The van der Waals surface area contributed by atoms with Crippen LogP contribution < -0.4 is 0 Å². The van der Waals surface area contributed by atoms with Crippen LogP contribution in [-0.4, -0.2) is 80.6 Å². The number of quaternary nitrogens is 1. The van der Waals surface area contributed by atoms with Gasteiger partial charge < -0.3 is 23.8 Å². The van der Waals surface area contributed by atoms with E-state index in [1.165, 1.54) is 25.7 Å². The molecule has 0 fully saturated rings. The second-order valence-electron chi connectivity index (χ2n) is 13.1. The molecule has 0 bridgehead atoms. The van der Waals surface area contributed by atoms with Crippen molar-refractivity contribution in [2.75, 3.05) is 41.0 Å². The van der Waals surface area contributed by atoms with Crippen molar-refractivity contribution in [1.29, 1.82) is 0 Å². The summed E-state index contributed by atoms with van der Waals surface area (Å²) in [4.78, 5) is 36.6. The minimum atomic E-state index is -0.887. The molecular formula is C40H68NO7+. The molecule has 8 nitrogen and oxygen atoms in total. The Bertz CT molecular complexity index is 975. The SMILES string of the molecule is CC/C=C/C/C=C/C/C=C/C/C=C/C/C=C/CCCC(=O)OCC(COCCC(C(=O)O)[N+](C)(C)C)OC(=O)CCCCCCCCC. The topological polar surface area (TPSA) is 99.1 Å². The summed E-state index contributed by atoms with van der Waals surface area (Å²) in [6.07, 6.45) is 35.7. The highest BCUT2D eigenvalue weighted by atomic mass is 16.6. The highest BCUT2D eigenvalue weighted by Crippen LogP contribution is 2.12. The molecule has 2 unspecified atom stereocenters. The van der Waals surface area contributed by atoms with Crippen molar-refractivity contribution in [3.63, 3.8) is 0 Å². The molecule has 0 saturated carbocycles. The predicted octanol–water partition coefficient (Wildman–Crippen LogP) is 9.07.